The van der Waals surface area contributed by atoms with E-state index < -0.39 is 0 Å². The summed E-state index contributed by atoms with van der Waals surface area (Å²) in [6, 6.07) is 15.2. The molecule has 27 heavy (non-hydrogen) atoms. The highest BCUT2D eigenvalue weighted by atomic mass is 32.2. The minimum absolute atomic E-state index is 0.112. The zero-order valence-electron chi connectivity index (χ0n) is 14.5. The molecule has 0 unspecified atom stereocenters. The van der Waals surface area contributed by atoms with Gasteiger partial charge in [0.2, 0.25) is 0 Å². The van der Waals surface area contributed by atoms with Crippen LogP contribution in [-0.2, 0) is 5.75 Å². The van der Waals surface area contributed by atoms with Crippen LogP contribution in [0.4, 0.5) is 0 Å². The Morgan fingerprint density at radius 3 is 2.85 bits per heavy atom. The predicted octanol–water partition coefficient (Wildman–Crippen LogP) is 4.01. The topological polar surface area (TPSA) is 60.5 Å². The van der Waals surface area contributed by atoms with Gasteiger partial charge >= 0.3 is 0 Å². The van der Waals surface area contributed by atoms with E-state index >= 15 is 0 Å². The predicted molar refractivity (Wildman–Crippen MR) is 107 cm³/mol. The third-order valence-electron chi connectivity index (χ3n) is 4.05. The van der Waals surface area contributed by atoms with Crippen molar-refractivity contribution in [2.45, 2.75) is 16.8 Å². The Bertz CT molecular complexity index is 915. The van der Waals surface area contributed by atoms with E-state index in [-0.39, 0.29) is 12.0 Å². The van der Waals surface area contributed by atoms with Gasteiger partial charge < -0.3 is 14.8 Å². The number of fused-ring (bicyclic) bond motifs is 1. The van der Waals surface area contributed by atoms with Gasteiger partial charge in [0.25, 0.3) is 5.91 Å². The number of ether oxygens (including phenoxy) is 2. The van der Waals surface area contributed by atoms with Crippen LogP contribution in [0.15, 0.2) is 64.3 Å². The molecule has 0 spiro atoms. The molecule has 1 atom stereocenters. The number of hydrogen-bond acceptors (Lipinski definition) is 6. The number of hydrogen-bond donors (Lipinski definition) is 1. The van der Waals surface area contributed by atoms with E-state index in [2.05, 4.69) is 10.3 Å². The molecule has 0 fully saturated rings. The fraction of sp³-hybridized carbons (Fsp3) is 0.200. The number of carbonyl (C=O) groups is 1. The third-order valence-corrected chi connectivity index (χ3v) is 5.79. The summed E-state index contributed by atoms with van der Waals surface area (Å²) in [6.45, 7) is 0.801. The first-order valence-electron chi connectivity index (χ1n) is 8.55. The SMILES string of the molecule is O=C(NC[C@@H]1COc2ccccc2O1)c1ccccc1SCc1cscn1. The normalized spacial score (nSPS) is 15.3. The van der Waals surface area contributed by atoms with Crippen molar-refractivity contribution in [3.05, 3.63) is 70.7 Å². The molecule has 0 aliphatic carbocycles. The fourth-order valence-electron chi connectivity index (χ4n) is 2.71. The van der Waals surface area contributed by atoms with Gasteiger partial charge in [-0.2, -0.15) is 0 Å². The number of thioether (sulfide) groups is 1. The van der Waals surface area contributed by atoms with E-state index in [1.807, 2.05) is 59.4 Å². The molecule has 4 rings (SSSR count). The van der Waals surface area contributed by atoms with Crippen molar-refractivity contribution in [1.29, 1.82) is 0 Å². The maximum absolute atomic E-state index is 12.7. The Morgan fingerprint density at radius 1 is 1.19 bits per heavy atom. The molecule has 5 nitrogen and oxygen atoms in total. The standard InChI is InChI=1S/C20H18N2O3S2/c23-20(21-9-15-10-24-17-6-2-3-7-18(17)25-15)16-5-1-4-8-19(16)27-12-14-11-26-13-22-14/h1-8,11,13,15H,9-10,12H2,(H,21,23)/t15-/m1/s1. The fourth-order valence-corrected chi connectivity index (χ4v) is 4.32. The zero-order valence-corrected chi connectivity index (χ0v) is 16.1. The van der Waals surface area contributed by atoms with Crippen LogP contribution in [0.5, 0.6) is 11.5 Å². The maximum atomic E-state index is 12.7. The van der Waals surface area contributed by atoms with Crippen molar-refractivity contribution >= 4 is 29.0 Å². The molecular weight excluding hydrogens is 380 g/mol. The summed E-state index contributed by atoms with van der Waals surface area (Å²) in [7, 11) is 0. The average Bonchev–Trinajstić information content (AvgIpc) is 3.24. The van der Waals surface area contributed by atoms with Gasteiger partial charge in [0.1, 0.15) is 12.7 Å². The van der Waals surface area contributed by atoms with Gasteiger partial charge in [0.15, 0.2) is 11.5 Å². The van der Waals surface area contributed by atoms with Crippen LogP contribution in [0.3, 0.4) is 0 Å². The molecule has 1 aromatic heterocycles. The smallest absolute Gasteiger partial charge is 0.252 e. The average molecular weight is 399 g/mol. The molecule has 0 radical (unpaired) electrons. The van der Waals surface area contributed by atoms with Crippen LogP contribution in [0.1, 0.15) is 16.1 Å². The number of carbonyl (C=O) groups excluding carboxylic acids is 1. The van der Waals surface area contributed by atoms with E-state index in [0.717, 1.165) is 22.1 Å². The summed E-state index contributed by atoms with van der Waals surface area (Å²) < 4.78 is 11.6. The second kappa shape index (κ2) is 8.45. The van der Waals surface area contributed by atoms with Crippen LogP contribution in [0.2, 0.25) is 0 Å². The van der Waals surface area contributed by atoms with Crippen molar-refractivity contribution in [1.82, 2.24) is 10.3 Å². The molecule has 0 bridgehead atoms. The molecule has 7 heteroatoms. The molecular formula is C20H18N2O3S2. The van der Waals surface area contributed by atoms with Gasteiger partial charge in [-0.1, -0.05) is 24.3 Å². The molecule has 1 amide bonds. The zero-order chi connectivity index (χ0) is 18.5. The van der Waals surface area contributed by atoms with Crippen LogP contribution in [0, 0.1) is 0 Å². The summed E-state index contributed by atoms with van der Waals surface area (Å²) in [5.41, 5.74) is 3.50. The lowest BCUT2D eigenvalue weighted by atomic mass is 10.2. The molecule has 138 valence electrons. The summed E-state index contributed by atoms with van der Waals surface area (Å²) in [5, 5.41) is 4.98. The van der Waals surface area contributed by atoms with Crippen molar-refractivity contribution < 1.29 is 14.3 Å². The van der Waals surface area contributed by atoms with Crippen molar-refractivity contribution in [2.75, 3.05) is 13.2 Å². The summed E-state index contributed by atoms with van der Waals surface area (Å²) >= 11 is 3.19. The summed E-state index contributed by atoms with van der Waals surface area (Å²) in [5.74, 6) is 2.08. The van der Waals surface area contributed by atoms with Crippen LogP contribution in [0.25, 0.3) is 0 Å². The van der Waals surface area contributed by atoms with Gasteiger partial charge in [-0.15, -0.1) is 23.1 Å². The van der Waals surface area contributed by atoms with Gasteiger partial charge in [-0.3, -0.25) is 4.79 Å². The summed E-state index contributed by atoms with van der Waals surface area (Å²) in [4.78, 5) is 17.9. The van der Waals surface area contributed by atoms with Gasteiger partial charge in [0.05, 0.1) is 23.3 Å². The highest BCUT2D eigenvalue weighted by Gasteiger charge is 2.21. The van der Waals surface area contributed by atoms with Crippen molar-refractivity contribution in [3.63, 3.8) is 0 Å². The largest absolute Gasteiger partial charge is 0.486 e. The second-order valence-electron chi connectivity index (χ2n) is 5.97. The van der Waals surface area contributed by atoms with Crippen molar-refractivity contribution in [3.8, 4) is 11.5 Å². The molecule has 1 N–H and O–H groups in total. The Kier molecular flexibility index (Phi) is 5.60. The molecule has 2 aromatic carbocycles. The lowest BCUT2D eigenvalue weighted by molar-refractivity contribution is 0.0787. The minimum atomic E-state index is -0.210. The van der Waals surface area contributed by atoms with Gasteiger partial charge in [-0.05, 0) is 24.3 Å². The Morgan fingerprint density at radius 2 is 2.00 bits per heavy atom. The minimum Gasteiger partial charge on any atom is -0.486 e. The number of benzene rings is 2. The maximum Gasteiger partial charge on any atom is 0.252 e. The first kappa shape index (κ1) is 17.9. The number of thiazole rings is 1. The number of nitrogens with one attached hydrogen (secondary N) is 1. The Labute approximate surface area is 165 Å². The van der Waals surface area contributed by atoms with Gasteiger partial charge in [0, 0.05) is 16.0 Å². The number of aromatic nitrogens is 1. The quantitative estimate of drug-likeness (QED) is 0.636. The molecule has 1 aliphatic rings. The molecule has 3 aromatic rings. The highest BCUT2D eigenvalue weighted by Crippen LogP contribution is 2.31. The number of nitrogens with zero attached hydrogens (tertiary/aromatic N) is 1. The lowest BCUT2D eigenvalue weighted by Gasteiger charge is -2.26. The van der Waals surface area contributed by atoms with E-state index in [0.29, 0.717) is 24.5 Å². The number of rotatable bonds is 6. The monoisotopic (exact) mass is 398 g/mol. The van der Waals surface area contributed by atoms with E-state index in [1.54, 1.807) is 23.1 Å². The first-order valence-corrected chi connectivity index (χ1v) is 10.5. The third kappa shape index (κ3) is 4.43. The van der Waals surface area contributed by atoms with Crippen LogP contribution >= 0.6 is 23.1 Å². The lowest BCUT2D eigenvalue weighted by Crippen LogP contribution is -2.40. The number of amides is 1. The highest BCUT2D eigenvalue weighted by molar-refractivity contribution is 7.98. The number of para-hydroxylation sites is 2. The Hall–Kier alpha value is -2.51. The molecule has 0 saturated heterocycles. The van der Waals surface area contributed by atoms with E-state index in [4.69, 9.17) is 9.47 Å². The van der Waals surface area contributed by atoms with Crippen LogP contribution in [-0.4, -0.2) is 30.1 Å². The van der Waals surface area contributed by atoms with E-state index in [9.17, 15) is 4.79 Å². The van der Waals surface area contributed by atoms with Crippen molar-refractivity contribution in [2.24, 2.45) is 0 Å². The summed E-state index contributed by atoms with van der Waals surface area (Å²) in [6.07, 6.45) is -0.210. The second-order valence-corrected chi connectivity index (χ2v) is 7.71. The molecule has 2 heterocycles. The van der Waals surface area contributed by atoms with Gasteiger partial charge in [-0.25, -0.2) is 4.98 Å². The molecule has 0 saturated carbocycles. The molecule has 1 aliphatic heterocycles. The van der Waals surface area contributed by atoms with Crippen LogP contribution < -0.4 is 14.8 Å². The Balaban J connectivity index is 1.36. The first-order chi connectivity index (χ1) is 13.3. The van der Waals surface area contributed by atoms with E-state index in [1.165, 1.54) is 0 Å².